The van der Waals surface area contributed by atoms with Crippen molar-refractivity contribution in [2.45, 2.75) is 45.1 Å². The molecule has 2 aliphatic rings. The Bertz CT molecular complexity index is 663. The Kier molecular flexibility index (Phi) is 12.1. The first kappa shape index (κ1) is 26.0. The first-order chi connectivity index (χ1) is 14.1. The zero-order valence-electron chi connectivity index (χ0n) is 17.8. The van der Waals surface area contributed by atoms with Crippen LogP contribution in [0.3, 0.4) is 0 Å². The second-order valence-electron chi connectivity index (χ2n) is 8.05. The van der Waals surface area contributed by atoms with Crippen LogP contribution >= 0.6 is 47.2 Å². The van der Waals surface area contributed by atoms with Crippen molar-refractivity contribution in [1.29, 1.82) is 0 Å². The van der Waals surface area contributed by atoms with Gasteiger partial charge >= 0.3 is 0 Å². The largest absolute Gasteiger partial charge is 0.381 e. The molecule has 5 nitrogen and oxygen atoms in total. The standard InChI is InChI=1S/C22H34Cl2N4O.HI/c1-2-25-22(26-10-3-4-18-5-6-19(23)14-21(18)24)27-20-7-11-28(12-8-20)15-17-9-13-29-16-17;/h5-6,14,17,20H,2-4,7-13,15-16H2,1H3,(H2,25,26,27);1H. The Morgan fingerprint density at radius 1 is 1.23 bits per heavy atom. The number of aliphatic imine (C=N–C) groups is 1. The fourth-order valence-corrected chi connectivity index (χ4v) is 4.55. The van der Waals surface area contributed by atoms with E-state index in [1.165, 1.54) is 25.8 Å². The fourth-order valence-electron chi connectivity index (χ4n) is 4.05. The number of likely N-dealkylation sites (tertiary alicyclic amines) is 1. The number of hydrogen-bond donors (Lipinski definition) is 2. The minimum atomic E-state index is 0. The molecule has 170 valence electrons. The summed E-state index contributed by atoms with van der Waals surface area (Å²) in [6.45, 7) is 9.13. The van der Waals surface area contributed by atoms with Crippen LogP contribution in [0.1, 0.15) is 38.2 Å². The van der Waals surface area contributed by atoms with E-state index in [0.29, 0.717) is 11.1 Å². The minimum absolute atomic E-state index is 0. The highest BCUT2D eigenvalue weighted by atomic mass is 127. The first-order valence-corrected chi connectivity index (χ1v) is 11.7. The number of guanidine groups is 1. The van der Waals surface area contributed by atoms with Crippen LogP contribution < -0.4 is 10.6 Å². The molecular weight excluding hydrogens is 534 g/mol. The molecule has 2 heterocycles. The Hall–Kier alpha value is -0.280. The molecule has 2 aliphatic heterocycles. The molecule has 30 heavy (non-hydrogen) atoms. The van der Waals surface area contributed by atoms with Crippen LogP contribution in [0, 0.1) is 5.92 Å². The van der Waals surface area contributed by atoms with Crippen LogP contribution in [0.25, 0.3) is 0 Å². The summed E-state index contributed by atoms with van der Waals surface area (Å²) in [5.41, 5.74) is 1.13. The number of ether oxygens (including phenoxy) is 1. The zero-order valence-corrected chi connectivity index (χ0v) is 21.7. The van der Waals surface area contributed by atoms with E-state index in [1.807, 2.05) is 12.1 Å². The Balaban J connectivity index is 0.00000320. The summed E-state index contributed by atoms with van der Waals surface area (Å²) < 4.78 is 5.51. The van der Waals surface area contributed by atoms with Gasteiger partial charge in [-0.3, -0.25) is 4.99 Å². The summed E-state index contributed by atoms with van der Waals surface area (Å²) >= 11 is 12.2. The predicted octanol–water partition coefficient (Wildman–Crippen LogP) is 4.60. The lowest BCUT2D eigenvalue weighted by atomic mass is 10.0. The van der Waals surface area contributed by atoms with Crippen LogP contribution in [-0.4, -0.2) is 62.8 Å². The maximum Gasteiger partial charge on any atom is 0.191 e. The lowest BCUT2D eigenvalue weighted by molar-refractivity contribution is 0.150. The van der Waals surface area contributed by atoms with Gasteiger partial charge < -0.3 is 20.3 Å². The average Bonchev–Trinajstić information content (AvgIpc) is 3.21. The van der Waals surface area contributed by atoms with Crippen molar-refractivity contribution in [3.05, 3.63) is 33.8 Å². The van der Waals surface area contributed by atoms with Crippen LogP contribution in [-0.2, 0) is 11.2 Å². The number of hydrogen-bond acceptors (Lipinski definition) is 3. The van der Waals surface area contributed by atoms with Crippen molar-refractivity contribution in [3.63, 3.8) is 0 Å². The van der Waals surface area contributed by atoms with Crippen molar-refractivity contribution in [3.8, 4) is 0 Å². The lowest BCUT2D eigenvalue weighted by Gasteiger charge is -2.34. The predicted molar refractivity (Wildman–Crippen MR) is 138 cm³/mol. The third kappa shape index (κ3) is 8.69. The molecule has 1 aromatic rings. The first-order valence-electron chi connectivity index (χ1n) is 10.9. The maximum atomic E-state index is 6.26. The molecule has 0 radical (unpaired) electrons. The van der Waals surface area contributed by atoms with Crippen LogP contribution in [0.15, 0.2) is 23.2 Å². The molecule has 2 saturated heterocycles. The van der Waals surface area contributed by atoms with Crippen LogP contribution in [0.5, 0.6) is 0 Å². The van der Waals surface area contributed by atoms with Gasteiger partial charge in [0, 0.05) is 55.4 Å². The fraction of sp³-hybridized carbons (Fsp3) is 0.682. The van der Waals surface area contributed by atoms with Gasteiger partial charge in [-0.15, -0.1) is 24.0 Å². The van der Waals surface area contributed by atoms with Gasteiger partial charge in [-0.25, -0.2) is 0 Å². The van der Waals surface area contributed by atoms with Gasteiger partial charge in [0.25, 0.3) is 0 Å². The third-order valence-corrected chi connectivity index (χ3v) is 6.29. The van der Waals surface area contributed by atoms with Crippen LogP contribution in [0.2, 0.25) is 10.0 Å². The molecule has 0 aromatic heterocycles. The van der Waals surface area contributed by atoms with Crippen molar-refractivity contribution in [2.24, 2.45) is 10.9 Å². The lowest BCUT2D eigenvalue weighted by Crippen LogP contribution is -2.49. The van der Waals surface area contributed by atoms with Gasteiger partial charge in [0.1, 0.15) is 0 Å². The number of nitrogens with one attached hydrogen (secondary N) is 2. The van der Waals surface area contributed by atoms with Gasteiger partial charge in [0.2, 0.25) is 0 Å². The molecule has 0 spiro atoms. The summed E-state index contributed by atoms with van der Waals surface area (Å²) in [7, 11) is 0. The van der Waals surface area contributed by atoms with Crippen molar-refractivity contribution >= 4 is 53.1 Å². The van der Waals surface area contributed by atoms with Gasteiger partial charge in [-0.1, -0.05) is 29.3 Å². The summed E-state index contributed by atoms with van der Waals surface area (Å²) in [5.74, 6) is 1.66. The van der Waals surface area contributed by atoms with E-state index >= 15 is 0 Å². The molecule has 1 unspecified atom stereocenters. The van der Waals surface area contributed by atoms with E-state index in [2.05, 4.69) is 22.5 Å². The maximum absolute atomic E-state index is 6.26. The second-order valence-corrected chi connectivity index (χ2v) is 8.89. The van der Waals surface area contributed by atoms with Crippen molar-refractivity contribution in [2.75, 3.05) is 45.9 Å². The molecule has 0 aliphatic carbocycles. The normalized spacial score (nSPS) is 20.8. The number of nitrogens with zero attached hydrogens (tertiary/aromatic N) is 2. The van der Waals surface area contributed by atoms with E-state index in [-0.39, 0.29) is 24.0 Å². The topological polar surface area (TPSA) is 48.9 Å². The molecule has 3 rings (SSSR count). The number of halogens is 3. The van der Waals surface area contributed by atoms with Gasteiger partial charge in [-0.05, 0) is 62.6 Å². The molecule has 1 aromatic carbocycles. The smallest absolute Gasteiger partial charge is 0.191 e. The molecule has 1 atom stereocenters. The number of aryl methyl sites for hydroxylation is 1. The number of benzene rings is 1. The molecule has 8 heteroatoms. The average molecular weight is 569 g/mol. The highest BCUT2D eigenvalue weighted by Gasteiger charge is 2.24. The monoisotopic (exact) mass is 568 g/mol. The van der Waals surface area contributed by atoms with Gasteiger partial charge in [0.15, 0.2) is 5.96 Å². The molecule has 0 bridgehead atoms. The minimum Gasteiger partial charge on any atom is -0.381 e. The van der Waals surface area contributed by atoms with E-state index < -0.39 is 0 Å². The summed E-state index contributed by atoms with van der Waals surface area (Å²) in [6, 6.07) is 6.20. The number of rotatable bonds is 8. The quantitative estimate of drug-likeness (QED) is 0.208. The molecule has 0 amide bonds. The SMILES string of the molecule is CCNC(=NCCCc1ccc(Cl)cc1Cl)NC1CCN(CC2CCOC2)CC1.I. The van der Waals surface area contributed by atoms with E-state index in [1.54, 1.807) is 6.07 Å². The Morgan fingerprint density at radius 2 is 2.03 bits per heavy atom. The van der Waals surface area contributed by atoms with E-state index in [0.717, 1.165) is 74.7 Å². The summed E-state index contributed by atoms with van der Waals surface area (Å²) in [4.78, 5) is 7.36. The van der Waals surface area contributed by atoms with Gasteiger partial charge in [-0.2, -0.15) is 0 Å². The Labute approximate surface area is 208 Å². The van der Waals surface area contributed by atoms with Gasteiger partial charge in [0.05, 0.1) is 6.61 Å². The van der Waals surface area contributed by atoms with Crippen LogP contribution in [0.4, 0.5) is 0 Å². The Morgan fingerprint density at radius 3 is 2.70 bits per heavy atom. The zero-order chi connectivity index (χ0) is 20.5. The summed E-state index contributed by atoms with van der Waals surface area (Å²) in [5, 5.41) is 8.43. The molecule has 0 saturated carbocycles. The van der Waals surface area contributed by atoms with E-state index in [4.69, 9.17) is 32.9 Å². The third-order valence-electron chi connectivity index (χ3n) is 5.70. The highest BCUT2D eigenvalue weighted by Crippen LogP contribution is 2.22. The molecular formula is C22H35Cl2IN4O. The molecule has 2 N–H and O–H groups in total. The molecule has 2 fully saturated rings. The van der Waals surface area contributed by atoms with Crippen molar-refractivity contribution < 1.29 is 4.74 Å². The number of piperidine rings is 1. The van der Waals surface area contributed by atoms with E-state index in [9.17, 15) is 0 Å². The second kappa shape index (κ2) is 14.0. The van der Waals surface area contributed by atoms with Crippen molar-refractivity contribution in [1.82, 2.24) is 15.5 Å². The summed E-state index contributed by atoms with van der Waals surface area (Å²) in [6.07, 6.45) is 5.41. The highest BCUT2D eigenvalue weighted by molar-refractivity contribution is 14.0.